The van der Waals surface area contributed by atoms with Crippen LogP contribution in [0.15, 0.2) is 53.6 Å². The molecule has 0 atom stereocenters. The lowest BCUT2D eigenvalue weighted by atomic mass is 10.2. The second-order valence-corrected chi connectivity index (χ2v) is 6.29. The number of methoxy groups -OCH3 is 1. The van der Waals surface area contributed by atoms with Gasteiger partial charge in [-0.25, -0.2) is 5.10 Å². The molecule has 0 unspecified atom stereocenters. The van der Waals surface area contributed by atoms with Gasteiger partial charge in [0.25, 0.3) is 0 Å². The summed E-state index contributed by atoms with van der Waals surface area (Å²) in [4.78, 5) is 2.29. The van der Waals surface area contributed by atoms with E-state index in [1.807, 2.05) is 36.4 Å². The van der Waals surface area contributed by atoms with Crippen LogP contribution in [0.5, 0.6) is 5.75 Å². The maximum absolute atomic E-state index is 5.34. The Hall–Kier alpha value is -2.93. The van der Waals surface area contributed by atoms with Gasteiger partial charge in [-0.1, -0.05) is 0 Å². The highest BCUT2D eigenvalue weighted by atomic mass is 32.1. The molecular formula is C20H23N5OS. The van der Waals surface area contributed by atoms with Crippen LogP contribution in [0.25, 0.3) is 11.4 Å². The van der Waals surface area contributed by atoms with Gasteiger partial charge in [-0.3, -0.25) is 0 Å². The second-order valence-electron chi connectivity index (χ2n) is 5.90. The van der Waals surface area contributed by atoms with Crippen LogP contribution in [0.1, 0.15) is 19.4 Å². The summed E-state index contributed by atoms with van der Waals surface area (Å²) in [5, 5.41) is 11.7. The Labute approximate surface area is 164 Å². The molecule has 1 N–H and O–H groups in total. The molecule has 3 aromatic rings. The van der Waals surface area contributed by atoms with E-state index >= 15 is 0 Å². The number of nitrogens with one attached hydrogen (secondary N) is 1. The summed E-state index contributed by atoms with van der Waals surface area (Å²) in [6.45, 7) is 6.24. The Kier molecular flexibility index (Phi) is 6.03. The van der Waals surface area contributed by atoms with Gasteiger partial charge >= 0.3 is 0 Å². The first kappa shape index (κ1) is 18.8. The highest BCUT2D eigenvalue weighted by Crippen LogP contribution is 2.22. The first-order chi connectivity index (χ1) is 13.2. The van der Waals surface area contributed by atoms with Crippen molar-refractivity contribution in [3.63, 3.8) is 0 Å². The topological polar surface area (TPSA) is 58.4 Å². The van der Waals surface area contributed by atoms with Crippen LogP contribution < -0.4 is 9.64 Å². The maximum atomic E-state index is 5.34. The number of aromatic nitrogens is 3. The third-order valence-corrected chi connectivity index (χ3v) is 4.61. The van der Waals surface area contributed by atoms with E-state index in [2.05, 4.69) is 46.2 Å². The molecule has 7 heteroatoms. The van der Waals surface area contributed by atoms with Gasteiger partial charge in [0.05, 0.1) is 13.3 Å². The predicted octanol–water partition coefficient (Wildman–Crippen LogP) is 4.34. The summed E-state index contributed by atoms with van der Waals surface area (Å²) in [6, 6.07) is 15.9. The van der Waals surface area contributed by atoms with Gasteiger partial charge in [-0.15, -0.1) is 0 Å². The molecular weight excluding hydrogens is 358 g/mol. The standard InChI is InChI=1S/C20H23N5OS/c1-4-24(5-2)17-10-8-16(9-11-17)19-22-23-20(27)25(19)21-14-15-6-12-18(26-3)13-7-15/h6-14H,4-5H2,1-3H3,(H,23,27). The van der Waals surface area contributed by atoms with Crippen LogP contribution in [0.3, 0.4) is 0 Å². The van der Waals surface area contributed by atoms with Crippen molar-refractivity contribution >= 4 is 24.1 Å². The van der Waals surface area contributed by atoms with Crippen molar-refractivity contribution in [1.29, 1.82) is 0 Å². The zero-order valence-electron chi connectivity index (χ0n) is 15.7. The van der Waals surface area contributed by atoms with E-state index in [4.69, 9.17) is 17.0 Å². The van der Waals surface area contributed by atoms with Gasteiger partial charge in [-0.2, -0.15) is 14.9 Å². The molecule has 27 heavy (non-hydrogen) atoms. The number of rotatable bonds is 7. The molecule has 0 saturated carbocycles. The third kappa shape index (κ3) is 4.25. The molecule has 0 radical (unpaired) electrons. The molecule has 6 nitrogen and oxygen atoms in total. The molecule has 3 rings (SSSR count). The maximum Gasteiger partial charge on any atom is 0.216 e. The Bertz CT molecular complexity index is 953. The largest absolute Gasteiger partial charge is 0.497 e. The molecule has 0 fully saturated rings. The van der Waals surface area contributed by atoms with Crippen LogP contribution in [0.2, 0.25) is 0 Å². The van der Waals surface area contributed by atoms with Crippen LogP contribution in [0, 0.1) is 4.77 Å². The smallest absolute Gasteiger partial charge is 0.216 e. The molecule has 0 amide bonds. The fourth-order valence-corrected chi connectivity index (χ4v) is 2.99. The zero-order chi connectivity index (χ0) is 19.2. The number of benzene rings is 2. The lowest BCUT2D eigenvalue weighted by molar-refractivity contribution is 0.415. The molecule has 0 aliphatic rings. The number of H-pyrrole nitrogens is 1. The Morgan fingerprint density at radius 2 is 1.78 bits per heavy atom. The second kappa shape index (κ2) is 8.64. The molecule has 0 saturated heterocycles. The summed E-state index contributed by atoms with van der Waals surface area (Å²) >= 11 is 5.34. The van der Waals surface area contributed by atoms with Gasteiger partial charge in [0.2, 0.25) is 4.77 Å². The Morgan fingerprint density at radius 1 is 1.11 bits per heavy atom. The van der Waals surface area contributed by atoms with Crippen molar-refractivity contribution in [2.75, 3.05) is 25.1 Å². The van der Waals surface area contributed by atoms with Crippen molar-refractivity contribution in [3.05, 3.63) is 58.9 Å². The summed E-state index contributed by atoms with van der Waals surface area (Å²) in [5.41, 5.74) is 3.08. The van der Waals surface area contributed by atoms with Crippen molar-refractivity contribution < 1.29 is 4.74 Å². The highest BCUT2D eigenvalue weighted by Gasteiger charge is 2.09. The molecule has 0 bridgehead atoms. The minimum absolute atomic E-state index is 0.447. The van der Waals surface area contributed by atoms with Crippen molar-refractivity contribution in [2.24, 2.45) is 5.10 Å². The van der Waals surface area contributed by atoms with Crippen LogP contribution in [0.4, 0.5) is 5.69 Å². The van der Waals surface area contributed by atoms with Crippen molar-refractivity contribution in [2.45, 2.75) is 13.8 Å². The average molecular weight is 382 g/mol. The van der Waals surface area contributed by atoms with Gasteiger partial charge in [-0.05, 0) is 80.2 Å². The fraction of sp³-hybridized carbons (Fsp3) is 0.250. The Balaban J connectivity index is 1.88. The summed E-state index contributed by atoms with van der Waals surface area (Å²) < 4.78 is 7.25. The lowest BCUT2D eigenvalue weighted by Crippen LogP contribution is -2.21. The quantitative estimate of drug-likeness (QED) is 0.488. The van der Waals surface area contributed by atoms with Gasteiger partial charge in [0.1, 0.15) is 5.75 Å². The van der Waals surface area contributed by atoms with Crippen molar-refractivity contribution in [3.8, 4) is 17.1 Å². The summed E-state index contributed by atoms with van der Waals surface area (Å²) in [6.07, 6.45) is 1.75. The number of nitrogens with zero attached hydrogens (tertiary/aromatic N) is 4. The van der Waals surface area contributed by atoms with E-state index in [1.165, 1.54) is 5.69 Å². The van der Waals surface area contributed by atoms with E-state index in [0.29, 0.717) is 10.6 Å². The molecule has 2 aromatic carbocycles. The number of hydrogen-bond donors (Lipinski definition) is 1. The SMILES string of the molecule is CCN(CC)c1ccc(-c2n[nH]c(=S)n2N=Cc2ccc(OC)cc2)cc1. The predicted molar refractivity (Wildman–Crippen MR) is 112 cm³/mol. The number of ether oxygens (including phenoxy) is 1. The van der Waals surface area contributed by atoms with E-state index in [1.54, 1.807) is 18.0 Å². The highest BCUT2D eigenvalue weighted by molar-refractivity contribution is 7.71. The van der Waals surface area contributed by atoms with Crippen LogP contribution in [-0.2, 0) is 0 Å². The lowest BCUT2D eigenvalue weighted by Gasteiger charge is -2.20. The van der Waals surface area contributed by atoms with Gasteiger partial charge in [0.15, 0.2) is 5.82 Å². The minimum atomic E-state index is 0.447. The molecule has 0 spiro atoms. The molecule has 0 aliphatic heterocycles. The first-order valence-corrected chi connectivity index (χ1v) is 9.28. The monoisotopic (exact) mass is 381 g/mol. The number of anilines is 1. The zero-order valence-corrected chi connectivity index (χ0v) is 16.5. The molecule has 1 heterocycles. The molecule has 0 aliphatic carbocycles. The minimum Gasteiger partial charge on any atom is -0.497 e. The fourth-order valence-electron chi connectivity index (χ4n) is 2.81. The van der Waals surface area contributed by atoms with E-state index in [-0.39, 0.29) is 0 Å². The summed E-state index contributed by atoms with van der Waals surface area (Å²) in [5.74, 6) is 1.48. The first-order valence-electron chi connectivity index (χ1n) is 8.87. The summed E-state index contributed by atoms with van der Waals surface area (Å²) in [7, 11) is 1.64. The third-order valence-electron chi connectivity index (χ3n) is 4.34. The number of aromatic amines is 1. The van der Waals surface area contributed by atoms with Gasteiger partial charge in [0, 0.05) is 24.3 Å². The van der Waals surface area contributed by atoms with E-state index in [9.17, 15) is 0 Å². The van der Waals surface area contributed by atoms with Crippen molar-refractivity contribution in [1.82, 2.24) is 14.9 Å². The van der Waals surface area contributed by atoms with Gasteiger partial charge < -0.3 is 9.64 Å². The van der Waals surface area contributed by atoms with Crippen LogP contribution in [-0.4, -0.2) is 41.3 Å². The van der Waals surface area contributed by atoms with E-state index < -0.39 is 0 Å². The van der Waals surface area contributed by atoms with E-state index in [0.717, 1.165) is 30.0 Å². The Morgan fingerprint density at radius 3 is 2.37 bits per heavy atom. The molecule has 140 valence electrons. The normalized spacial score (nSPS) is 11.1. The van der Waals surface area contributed by atoms with Crippen LogP contribution >= 0.6 is 12.2 Å². The number of hydrogen-bond acceptors (Lipinski definition) is 5. The molecule has 1 aromatic heterocycles. The average Bonchev–Trinajstić information content (AvgIpc) is 3.08.